The molecule has 0 aliphatic carbocycles. The molecule has 1 aliphatic heterocycles. The Hall–Kier alpha value is -1.96. The van der Waals surface area contributed by atoms with Crippen LogP contribution in [0.1, 0.15) is 37.6 Å². The van der Waals surface area contributed by atoms with Gasteiger partial charge >= 0.3 is 0 Å². The molecular formula is C21H25ClN4O2S. The maximum Gasteiger partial charge on any atom is 0.218 e. The van der Waals surface area contributed by atoms with Gasteiger partial charge in [-0.1, -0.05) is 37.6 Å². The van der Waals surface area contributed by atoms with Gasteiger partial charge in [-0.25, -0.2) is 17.7 Å². The van der Waals surface area contributed by atoms with Gasteiger partial charge in [0.1, 0.15) is 5.82 Å². The number of imidazole rings is 1. The molecule has 1 fully saturated rings. The molecule has 8 heteroatoms. The van der Waals surface area contributed by atoms with Gasteiger partial charge in [0, 0.05) is 36.8 Å². The maximum absolute atomic E-state index is 13.0. The van der Waals surface area contributed by atoms with Crippen LogP contribution < -0.4 is 0 Å². The van der Waals surface area contributed by atoms with Crippen molar-refractivity contribution in [1.82, 2.24) is 18.8 Å². The summed E-state index contributed by atoms with van der Waals surface area (Å²) in [6, 6.07) is 8.95. The SMILES string of the molecule is CC(C)Cn1c(C2CCN(S(=O)(=O)Cc3cccc(Cl)c3)C2)nc2ccncc21. The number of halogens is 1. The van der Waals surface area contributed by atoms with E-state index in [-0.39, 0.29) is 11.7 Å². The second kappa shape index (κ2) is 8.05. The summed E-state index contributed by atoms with van der Waals surface area (Å²) in [6.45, 7) is 6.14. The Morgan fingerprint density at radius 3 is 2.86 bits per heavy atom. The lowest BCUT2D eigenvalue weighted by Gasteiger charge is -2.18. The van der Waals surface area contributed by atoms with Crippen LogP contribution in [0.2, 0.25) is 5.02 Å². The van der Waals surface area contributed by atoms with E-state index in [0.717, 1.165) is 29.8 Å². The molecule has 1 atom stereocenters. The molecule has 0 spiro atoms. The number of fused-ring (bicyclic) bond motifs is 1. The molecule has 1 aliphatic rings. The highest BCUT2D eigenvalue weighted by atomic mass is 35.5. The first-order valence-electron chi connectivity index (χ1n) is 9.86. The molecule has 0 amide bonds. The zero-order chi connectivity index (χ0) is 20.6. The van der Waals surface area contributed by atoms with E-state index in [9.17, 15) is 8.42 Å². The quantitative estimate of drug-likeness (QED) is 0.589. The molecule has 154 valence electrons. The molecule has 29 heavy (non-hydrogen) atoms. The van der Waals surface area contributed by atoms with Crippen LogP contribution in [0.3, 0.4) is 0 Å². The average Bonchev–Trinajstić information content (AvgIpc) is 3.27. The fraction of sp³-hybridized carbons (Fsp3) is 0.429. The summed E-state index contributed by atoms with van der Waals surface area (Å²) in [5, 5.41) is 0.549. The number of pyridine rings is 1. The minimum Gasteiger partial charge on any atom is -0.326 e. The average molecular weight is 433 g/mol. The largest absolute Gasteiger partial charge is 0.326 e. The lowest BCUT2D eigenvalue weighted by atomic mass is 10.1. The predicted octanol–water partition coefficient (Wildman–Crippen LogP) is 4.06. The van der Waals surface area contributed by atoms with Crippen molar-refractivity contribution in [1.29, 1.82) is 0 Å². The van der Waals surface area contributed by atoms with Gasteiger partial charge in [0.05, 0.1) is 23.0 Å². The summed E-state index contributed by atoms with van der Waals surface area (Å²) < 4.78 is 29.7. The molecule has 0 N–H and O–H groups in total. The molecule has 1 saturated heterocycles. The van der Waals surface area contributed by atoms with Crippen molar-refractivity contribution in [2.24, 2.45) is 5.92 Å². The van der Waals surface area contributed by atoms with E-state index in [0.29, 0.717) is 29.6 Å². The molecule has 1 aromatic carbocycles. The van der Waals surface area contributed by atoms with Gasteiger partial charge in [-0.3, -0.25) is 4.98 Å². The molecule has 1 unspecified atom stereocenters. The van der Waals surface area contributed by atoms with Crippen molar-refractivity contribution in [2.75, 3.05) is 13.1 Å². The number of hydrogen-bond acceptors (Lipinski definition) is 4. The van der Waals surface area contributed by atoms with Crippen molar-refractivity contribution < 1.29 is 8.42 Å². The van der Waals surface area contributed by atoms with Crippen LogP contribution in [0.25, 0.3) is 11.0 Å². The van der Waals surface area contributed by atoms with Gasteiger partial charge in [-0.15, -0.1) is 0 Å². The van der Waals surface area contributed by atoms with E-state index in [1.165, 1.54) is 0 Å². The summed E-state index contributed by atoms with van der Waals surface area (Å²) in [5.41, 5.74) is 2.63. The van der Waals surface area contributed by atoms with E-state index >= 15 is 0 Å². The second-order valence-corrected chi connectivity index (χ2v) is 10.5. The topological polar surface area (TPSA) is 68.1 Å². The summed E-state index contributed by atoms with van der Waals surface area (Å²) in [7, 11) is -3.41. The minimum atomic E-state index is -3.41. The van der Waals surface area contributed by atoms with E-state index in [1.807, 2.05) is 12.3 Å². The van der Waals surface area contributed by atoms with E-state index in [4.69, 9.17) is 16.6 Å². The Kier molecular flexibility index (Phi) is 5.64. The van der Waals surface area contributed by atoms with E-state index in [2.05, 4.69) is 23.4 Å². The number of benzene rings is 1. The number of sulfonamides is 1. The van der Waals surface area contributed by atoms with E-state index in [1.54, 1.807) is 34.8 Å². The molecule has 0 bridgehead atoms. The number of aromatic nitrogens is 3. The fourth-order valence-corrected chi connectivity index (χ4v) is 5.76. The number of hydrogen-bond donors (Lipinski definition) is 0. The fourth-order valence-electron chi connectivity index (χ4n) is 3.98. The van der Waals surface area contributed by atoms with Gasteiger partial charge < -0.3 is 4.57 Å². The standard InChI is InChI=1S/C21H25ClN4O2S/c1-15(2)12-26-20-11-23-8-6-19(20)24-21(26)17-7-9-25(13-17)29(27,28)14-16-4-3-5-18(22)10-16/h3-6,8,10-11,15,17H,7,9,12-14H2,1-2H3. The van der Waals surface area contributed by atoms with Gasteiger partial charge in [0.15, 0.2) is 0 Å². The third kappa shape index (κ3) is 4.32. The zero-order valence-electron chi connectivity index (χ0n) is 16.6. The molecular weight excluding hydrogens is 408 g/mol. The molecule has 3 heterocycles. The Morgan fingerprint density at radius 1 is 1.28 bits per heavy atom. The molecule has 0 radical (unpaired) electrons. The second-order valence-electron chi connectivity index (χ2n) is 8.07. The van der Waals surface area contributed by atoms with Crippen molar-refractivity contribution in [3.05, 3.63) is 59.1 Å². The molecule has 3 aromatic rings. The van der Waals surface area contributed by atoms with Crippen LogP contribution in [0.4, 0.5) is 0 Å². The summed E-state index contributed by atoms with van der Waals surface area (Å²) >= 11 is 6.01. The molecule has 4 rings (SSSR count). The van der Waals surface area contributed by atoms with Crippen molar-refractivity contribution in [3.63, 3.8) is 0 Å². The molecule has 2 aromatic heterocycles. The molecule has 0 saturated carbocycles. The summed E-state index contributed by atoms with van der Waals surface area (Å²) in [5.74, 6) is 1.46. The Balaban J connectivity index is 1.58. The molecule has 6 nitrogen and oxygen atoms in total. The summed E-state index contributed by atoms with van der Waals surface area (Å²) in [4.78, 5) is 9.09. The lowest BCUT2D eigenvalue weighted by Crippen LogP contribution is -2.30. The van der Waals surface area contributed by atoms with Crippen LogP contribution in [0.5, 0.6) is 0 Å². The highest BCUT2D eigenvalue weighted by Gasteiger charge is 2.34. The third-order valence-electron chi connectivity index (χ3n) is 5.28. The number of rotatable bonds is 6. The zero-order valence-corrected chi connectivity index (χ0v) is 18.2. The maximum atomic E-state index is 13.0. The summed E-state index contributed by atoms with van der Waals surface area (Å²) in [6.07, 6.45) is 4.36. The van der Waals surface area contributed by atoms with Gasteiger partial charge in [0.25, 0.3) is 0 Å². The van der Waals surface area contributed by atoms with E-state index < -0.39 is 10.0 Å². The third-order valence-corrected chi connectivity index (χ3v) is 7.33. The monoisotopic (exact) mass is 432 g/mol. The van der Waals surface area contributed by atoms with Crippen molar-refractivity contribution in [2.45, 2.75) is 38.5 Å². The Morgan fingerprint density at radius 2 is 2.10 bits per heavy atom. The lowest BCUT2D eigenvalue weighted by molar-refractivity contribution is 0.462. The van der Waals surface area contributed by atoms with Gasteiger partial charge in [-0.2, -0.15) is 0 Å². The highest BCUT2D eigenvalue weighted by Crippen LogP contribution is 2.32. The van der Waals surface area contributed by atoms with Crippen LogP contribution in [-0.4, -0.2) is 40.3 Å². The Bertz CT molecular complexity index is 1130. The van der Waals surface area contributed by atoms with Crippen molar-refractivity contribution in [3.8, 4) is 0 Å². The smallest absolute Gasteiger partial charge is 0.218 e. The van der Waals surface area contributed by atoms with Crippen LogP contribution in [0, 0.1) is 5.92 Å². The predicted molar refractivity (Wildman–Crippen MR) is 115 cm³/mol. The van der Waals surface area contributed by atoms with Crippen molar-refractivity contribution >= 4 is 32.7 Å². The van der Waals surface area contributed by atoms with Crippen LogP contribution in [-0.2, 0) is 22.3 Å². The van der Waals surface area contributed by atoms with Crippen LogP contribution in [0.15, 0.2) is 42.7 Å². The first kappa shape index (κ1) is 20.3. The Labute approximate surface area is 176 Å². The normalized spacial score (nSPS) is 18.1. The van der Waals surface area contributed by atoms with Crippen LogP contribution >= 0.6 is 11.6 Å². The first-order chi connectivity index (χ1) is 13.8. The van der Waals surface area contributed by atoms with Gasteiger partial charge in [0.2, 0.25) is 10.0 Å². The highest BCUT2D eigenvalue weighted by molar-refractivity contribution is 7.88. The van der Waals surface area contributed by atoms with Gasteiger partial charge in [-0.05, 0) is 36.1 Å². The minimum absolute atomic E-state index is 0.0351. The first-order valence-corrected chi connectivity index (χ1v) is 11.8. The number of nitrogens with zero attached hydrogens (tertiary/aromatic N) is 4.